The van der Waals surface area contributed by atoms with Gasteiger partial charge in [-0.3, -0.25) is 9.80 Å². The first-order valence-electron chi connectivity index (χ1n) is 9.02. The normalized spacial score (nSPS) is 21.0. The van der Waals surface area contributed by atoms with Crippen molar-refractivity contribution in [3.8, 4) is 11.5 Å². The molecule has 0 spiro atoms. The molecule has 1 aromatic carbocycles. The quantitative estimate of drug-likeness (QED) is 0.830. The van der Waals surface area contributed by atoms with Crippen LogP contribution in [0.25, 0.3) is 0 Å². The Balaban J connectivity index is 2.21. The number of nitrogens with zero attached hydrogens (tertiary/aromatic N) is 2. The molecule has 0 amide bonds. The first kappa shape index (κ1) is 19.0. The minimum Gasteiger partial charge on any atom is -0.493 e. The number of benzene rings is 1. The maximum Gasteiger partial charge on any atom is 0.161 e. The van der Waals surface area contributed by atoms with Crippen LogP contribution in [-0.4, -0.2) is 61.8 Å². The van der Waals surface area contributed by atoms with Crippen LogP contribution >= 0.6 is 0 Å². The standard InChI is InChI=1S/C19H33N3O2/c1-6-21-9-10-22(13-15(21)4)17(12-20)16-7-8-18(23-5)19(11-16)24-14(2)3/h7-8,11,14-15,17H,6,9-10,12-13,20H2,1-5H3. The Hall–Kier alpha value is -1.30. The molecule has 136 valence electrons. The topological polar surface area (TPSA) is 51.0 Å². The molecular formula is C19H33N3O2. The molecule has 0 bridgehead atoms. The Labute approximate surface area is 146 Å². The van der Waals surface area contributed by atoms with Crippen molar-refractivity contribution in [2.75, 3.05) is 39.8 Å². The van der Waals surface area contributed by atoms with E-state index in [-0.39, 0.29) is 12.1 Å². The molecule has 1 aromatic rings. The Morgan fingerprint density at radius 3 is 2.54 bits per heavy atom. The highest BCUT2D eigenvalue weighted by Gasteiger charge is 2.28. The molecule has 24 heavy (non-hydrogen) atoms. The van der Waals surface area contributed by atoms with Crippen LogP contribution in [0.5, 0.6) is 11.5 Å². The van der Waals surface area contributed by atoms with Gasteiger partial charge in [-0.25, -0.2) is 0 Å². The molecule has 5 nitrogen and oxygen atoms in total. The summed E-state index contributed by atoms with van der Waals surface area (Å²) in [4.78, 5) is 5.02. The zero-order valence-electron chi connectivity index (χ0n) is 15.8. The fourth-order valence-corrected chi connectivity index (χ4v) is 3.52. The van der Waals surface area contributed by atoms with E-state index in [1.165, 1.54) is 5.56 Å². The molecule has 2 N–H and O–H groups in total. The lowest BCUT2D eigenvalue weighted by atomic mass is 10.0. The van der Waals surface area contributed by atoms with Crippen LogP contribution in [-0.2, 0) is 0 Å². The van der Waals surface area contributed by atoms with Crippen LogP contribution in [0, 0.1) is 0 Å². The van der Waals surface area contributed by atoms with Crippen LogP contribution in [0.1, 0.15) is 39.3 Å². The van der Waals surface area contributed by atoms with Gasteiger partial charge in [0, 0.05) is 38.3 Å². The van der Waals surface area contributed by atoms with Gasteiger partial charge in [-0.2, -0.15) is 0 Å². The number of rotatable bonds is 7. The van der Waals surface area contributed by atoms with Gasteiger partial charge < -0.3 is 15.2 Å². The van der Waals surface area contributed by atoms with Gasteiger partial charge >= 0.3 is 0 Å². The summed E-state index contributed by atoms with van der Waals surface area (Å²) in [6, 6.07) is 6.96. The SMILES string of the molecule is CCN1CCN(C(CN)c2ccc(OC)c(OC(C)C)c2)CC1C. The predicted molar refractivity (Wildman–Crippen MR) is 98.8 cm³/mol. The molecule has 2 unspecified atom stereocenters. The minimum atomic E-state index is 0.110. The summed E-state index contributed by atoms with van der Waals surface area (Å²) in [6.45, 7) is 13.5. The highest BCUT2D eigenvalue weighted by molar-refractivity contribution is 5.44. The molecule has 2 rings (SSSR count). The zero-order chi connectivity index (χ0) is 17.7. The van der Waals surface area contributed by atoms with Crippen molar-refractivity contribution >= 4 is 0 Å². The number of ether oxygens (including phenoxy) is 2. The molecule has 2 atom stereocenters. The lowest BCUT2D eigenvalue weighted by Crippen LogP contribution is -2.53. The van der Waals surface area contributed by atoms with E-state index in [1.54, 1.807) is 7.11 Å². The summed E-state index contributed by atoms with van der Waals surface area (Å²) in [5.74, 6) is 1.57. The fraction of sp³-hybridized carbons (Fsp3) is 0.684. The predicted octanol–water partition coefficient (Wildman–Crippen LogP) is 2.51. The molecule has 1 heterocycles. The van der Waals surface area contributed by atoms with Gasteiger partial charge in [0.25, 0.3) is 0 Å². The average Bonchev–Trinajstić information content (AvgIpc) is 2.55. The van der Waals surface area contributed by atoms with Crippen LogP contribution in [0.2, 0.25) is 0 Å². The van der Waals surface area contributed by atoms with Gasteiger partial charge in [0.2, 0.25) is 0 Å². The summed E-state index contributed by atoms with van der Waals surface area (Å²) in [7, 11) is 1.67. The fourth-order valence-electron chi connectivity index (χ4n) is 3.52. The van der Waals surface area contributed by atoms with Crippen molar-refractivity contribution in [2.24, 2.45) is 5.73 Å². The van der Waals surface area contributed by atoms with Gasteiger partial charge in [0.15, 0.2) is 11.5 Å². The third-order valence-electron chi connectivity index (χ3n) is 4.80. The Kier molecular flexibility index (Phi) is 6.90. The van der Waals surface area contributed by atoms with Gasteiger partial charge in [0.1, 0.15) is 0 Å². The minimum absolute atomic E-state index is 0.110. The molecule has 0 aliphatic carbocycles. The second kappa shape index (κ2) is 8.70. The van der Waals surface area contributed by atoms with Gasteiger partial charge in [0.05, 0.1) is 13.2 Å². The molecule has 5 heteroatoms. The second-order valence-corrected chi connectivity index (χ2v) is 6.80. The molecule has 1 aliphatic heterocycles. The summed E-state index contributed by atoms with van der Waals surface area (Å²) in [5, 5.41) is 0. The Bertz CT molecular complexity index is 521. The van der Waals surface area contributed by atoms with E-state index >= 15 is 0 Å². The highest BCUT2D eigenvalue weighted by Crippen LogP contribution is 2.33. The van der Waals surface area contributed by atoms with Crippen LogP contribution in [0.4, 0.5) is 0 Å². The maximum atomic E-state index is 6.14. The zero-order valence-corrected chi connectivity index (χ0v) is 15.8. The number of hydrogen-bond donors (Lipinski definition) is 1. The lowest BCUT2D eigenvalue weighted by molar-refractivity contribution is 0.0605. The van der Waals surface area contributed by atoms with E-state index in [0.717, 1.165) is 37.7 Å². The molecule has 0 radical (unpaired) electrons. The van der Waals surface area contributed by atoms with Gasteiger partial charge in [-0.05, 0) is 45.0 Å². The molecular weight excluding hydrogens is 302 g/mol. The molecule has 1 saturated heterocycles. The van der Waals surface area contributed by atoms with Crippen molar-refractivity contribution in [1.82, 2.24) is 9.80 Å². The number of nitrogens with two attached hydrogens (primary N) is 1. The van der Waals surface area contributed by atoms with E-state index in [9.17, 15) is 0 Å². The maximum absolute atomic E-state index is 6.14. The van der Waals surface area contributed by atoms with E-state index in [4.69, 9.17) is 15.2 Å². The van der Waals surface area contributed by atoms with E-state index in [2.05, 4.69) is 35.8 Å². The highest BCUT2D eigenvalue weighted by atomic mass is 16.5. The molecule has 1 fully saturated rings. The van der Waals surface area contributed by atoms with Crippen molar-refractivity contribution in [3.05, 3.63) is 23.8 Å². The van der Waals surface area contributed by atoms with E-state index in [1.807, 2.05) is 19.9 Å². The molecule has 0 saturated carbocycles. The number of piperazine rings is 1. The number of hydrogen-bond acceptors (Lipinski definition) is 5. The van der Waals surface area contributed by atoms with E-state index < -0.39 is 0 Å². The van der Waals surface area contributed by atoms with Crippen molar-refractivity contribution in [2.45, 2.75) is 45.9 Å². The number of likely N-dealkylation sites (N-methyl/N-ethyl adjacent to an activating group) is 1. The Morgan fingerprint density at radius 1 is 1.25 bits per heavy atom. The van der Waals surface area contributed by atoms with Gasteiger partial charge in [-0.1, -0.05) is 13.0 Å². The molecule has 0 aromatic heterocycles. The smallest absolute Gasteiger partial charge is 0.161 e. The summed E-state index contributed by atoms with van der Waals surface area (Å²) in [5.41, 5.74) is 7.34. The van der Waals surface area contributed by atoms with E-state index in [0.29, 0.717) is 12.6 Å². The van der Waals surface area contributed by atoms with Crippen molar-refractivity contribution < 1.29 is 9.47 Å². The monoisotopic (exact) mass is 335 g/mol. The first-order chi connectivity index (χ1) is 11.5. The molecule has 1 aliphatic rings. The second-order valence-electron chi connectivity index (χ2n) is 6.80. The average molecular weight is 335 g/mol. The first-order valence-corrected chi connectivity index (χ1v) is 9.02. The van der Waals surface area contributed by atoms with Gasteiger partial charge in [-0.15, -0.1) is 0 Å². The van der Waals surface area contributed by atoms with Crippen LogP contribution in [0.3, 0.4) is 0 Å². The van der Waals surface area contributed by atoms with Crippen LogP contribution < -0.4 is 15.2 Å². The largest absolute Gasteiger partial charge is 0.493 e. The van der Waals surface area contributed by atoms with Crippen LogP contribution in [0.15, 0.2) is 18.2 Å². The third kappa shape index (κ3) is 4.41. The summed E-state index contributed by atoms with van der Waals surface area (Å²) >= 11 is 0. The lowest BCUT2D eigenvalue weighted by Gasteiger charge is -2.43. The summed E-state index contributed by atoms with van der Waals surface area (Å²) < 4.78 is 11.4. The number of methoxy groups -OCH3 is 1. The third-order valence-corrected chi connectivity index (χ3v) is 4.80. The van der Waals surface area contributed by atoms with Crippen molar-refractivity contribution in [1.29, 1.82) is 0 Å². The summed E-state index contributed by atoms with van der Waals surface area (Å²) in [6.07, 6.45) is 0.110. The van der Waals surface area contributed by atoms with Crippen molar-refractivity contribution in [3.63, 3.8) is 0 Å². The Morgan fingerprint density at radius 2 is 2.00 bits per heavy atom.